The molecule has 0 bridgehead atoms. The highest BCUT2D eigenvalue weighted by molar-refractivity contribution is 5.09. The van der Waals surface area contributed by atoms with Crippen molar-refractivity contribution in [3.05, 3.63) is 0 Å². The molecule has 0 aromatic carbocycles. The lowest BCUT2D eigenvalue weighted by atomic mass is 9.91. The molecule has 15 heavy (non-hydrogen) atoms. The van der Waals surface area contributed by atoms with E-state index in [4.69, 9.17) is 19.3 Å². The average molecular weight is 218 g/mol. The van der Waals surface area contributed by atoms with Gasteiger partial charge in [-0.15, -0.1) is 0 Å². The van der Waals surface area contributed by atoms with Gasteiger partial charge in [-0.1, -0.05) is 0 Å². The molecule has 0 saturated carbocycles. The van der Waals surface area contributed by atoms with Crippen LogP contribution in [0.5, 0.6) is 0 Å². The van der Waals surface area contributed by atoms with E-state index in [1.165, 1.54) is 0 Å². The van der Waals surface area contributed by atoms with E-state index in [0.717, 1.165) is 0 Å². The minimum Gasteiger partial charge on any atom is -0.394 e. The lowest BCUT2D eigenvalue weighted by molar-refractivity contribution is -0.258. The molecule has 0 aliphatic carbocycles. The smallest absolute Gasteiger partial charge is 0.200 e. The van der Waals surface area contributed by atoms with Crippen LogP contribution in [-0.2, 0) is 14.2 Å². The molecule has 2 aliphatic rings. The number of rotatable bonds is 1. The largest absolute Gasteiger partial charge is 0.394 e. The Balaban J connectivity index is 2.34. The standard InChI is InChI=1S/C10H18O5/c1-8(2)14-9(3)7(12)6(5-11)13-10(9,4)15-8/h6-7,11-12H,5H2,1-4H3/t6-,7+,9-,10-/m1/s1. The SMILES string of the molecule is CC1(C)O[C@@]2(C)O[C@H](CO)[C@H](O)[C@@]2(C)O1. The molecule has 0 radical (unpaired) electrons. The van der Waals surface area contributed by atoms with Crippen molar-refractivity contribution >= 4 is 0 Å². The van der Waals surface area contributed by atoms with Gasteiger partial charge >= 0.3 is 0 Å². The summed E-state index contributed by atoms with van der Waals surface area (Å²) < 4.78 is 16.9. The zero-order valence-corrected chi connectivity index (χ0v) is 9.48. The molecule has 0 aromatic rings. The average Bonchev–Trinajstić information content (AvgIpc) is 2.37. The lowest BCUT2D eigenvalue weighted by Crippen LogP contribution is -2.50. The molecule has 2 heterocycles. The maximum atomic E-state index is 10.0. The van der Waals surface area contributed by atoms with Gasteiger partial charge in [-0.3, -0.25) is 0 Å². The highest BCUT2D eigenvalue weighted by atomic mass is 16.9. The fourth-order valence-electron chi connectivity index (χ4n) is 2.51. The van der Waals surface area contributed by atoms with Crippen molar-refractivity contribution in [3.8, 4) is 0 Å². The van der Waals surface area contributed by atoms with Gasteiger partial charge in [0, 0.05) is 0 Å². The third kappa shape index (κ3) is 1.34. The van der Waals surface area contributed by atoms with Gasteiger partial charge in [0.2, 0.25) is 5.79 Å². The third-order valence-electron chi connectivity index (χ3n) is 3.27. The van der Waals surface area contributed by atoms with Crippen LogP contribution < -0.4 is 0 Å². The van der Waals surface area contributed by atoms with Gasteiger partial charge in [-0.2, -0.15) is 0 Å². The predicted octanol–water partition coefficient (Wildman–Crippen LogP) is -0.00380. The summed E-state index contributed by atoms with van der Waals surface area (Å²) in [5.41, 5.74) is -0.941. The van der Waals surface area contributed by atoms with E-state index in [0.29, 0.717) is 0 Å². The summed E-state index contributed by atoms with van der Waals surface area (Å²) in [6.45, 7) is 6.75. The summed E-state index contributed by atoms with van der Waals surface area (Å²) in [5.74, 6) is -1.80. The number of ether oxygens (including phenoxy) is 3. The number of hydrogen-bond acceptors (Lipinski definition) is 5. The molecule has 2 aliphatic heterocycles. The molecule has 0 amide bonds. The van der Waals surface area contributed by atoms with Crippen molar-refractivity contribution in [1.29, 1.82) is 0 Å². The van der Waals surface area contributed by atoms with Gasteiger partial charge in [0.15, 0.2) is 11.4 Å². The van der Waals surface area contributed by atoms with Crippen molar-refractivity contribution in [3.63, 3.8) is 0 Å². The second-order valence-electron chi connectivity index (χ2n) is 4.94. The molecular formula is C10H18O5. The molecule has 0 spiro atoms. The second-order valence-corrected chi connectivity index (χ2v) is 4.94. The monoisotopic (exact) mass is 218 g/mol. The van der Waals surface area contributed by atoms with E-state index in [2.05, 4.69) is 0 Å². The van der Waals surface area contributed by atoms with Crippen LogP contribution in [-0.4, -0.2) is 46.2 Å². The number of aliphatic hydroxyl groups excluding tert-OH is 2. The summed E-state index contributed by atoms with van der Waals surface area (Å²) in [6, 6.07) is 0. The molecule has 5 nitrogen and oxygen atoms in total. The first-order chi connectivity index (χ1) is 6.74. The maximum Gasteiger partial charge on any atom is 0.200 e. The Bertz CT molecular complexity index is 279. The molecular weight excluding hydrogens is 200 g/mol. The van der Waals surface area contributed by atoms with Gasteiger partial charge in [0.05, 0.1) is 6.61 Å². The van der Waals surface area contributed by atoms with Crippen molar-refractivity contribution in [1.82, 2.24) is 0 Å². The van der Waals surface area contributed by atoms with Crippen LogP contribution >= 0.6 is 0 Å². The van der Waals surface area contributed by atoms with Gasteiger partial charge < -0.3 is 24.4 Å². The van der Waals surface area contributed by atoms with E-state index in [9.17, 15) is 5.11 Å². The molecule has 88 valence electrons. The van der Waals surface area contributed by atoms with E-state index < -0.39 is 29.4 Å². The molecule has 0 aromatic heterocycles. The Kier molecular flexibility index (Phi) is 2.20. The van der Waals surface area contributed by atoms with Crippen LogP contribution in [0.15, 0.2) is 0 Å². The molecule has 0 unspecified atom stereocenters. The number of hydrogen-bond donors (Lipinski definition) is 2. The predicted molar refractivity (Wildman–Crippen MR) is 51.0 cm³/mol. The van der Waals surface area contributed by atoms with Gasteiger partial charge in [0.25, 0.3) is 0 Å². The maximum absolute atomic E-state index is 10.0. The number of fused-ring (bicyclic) bond motifs is 1. The lowest BCUT2D eigenvalue weighted by Gasteiger charge is -2.30. The summed E-state index contributed by atoms with van der Waals surface area (Å²) in [7, 11) is 0. The Morgan fingerprint density at radius 3 is 2.20 bits per heavy atom. The van der Waals surface area contributed by atoms with Gasteiger partial charge in [0.1, 0.15) is 12.2 Å². The first kappa shape index (κ1) is 11.3. The Hall–Kier alpha value is -0.200. The summed E-state index contributed by atoms with van der Waals surface area (Å²) in [6.07, 6.45) is -1.55. The van der Waals surface area contributed by atoms with Crippen molar-refractivity contribution in [2.45, 2.75) is 57.1 Å². The van der Waals surface area contributed by atoms with Crippen LogP contribution in [0.3, 0.4) is 0 Å². The van der Waals surface area contributed by atoms with Gasteiger partial charge in [-0.25, -0.2) is 0 Å². The molecule has 2 rings (SSSR count). The van der Waals surface area contributed by atoms with E-state index in [1.54, 1.807) is 27.7 Å². The van der Waals surface area contributed by atoms with Crippen LogP contribution in [0.1, 0.15) is 27.7 Å². The van der Waals surface area contributed by atoms with Crippen molar-refractivity contribution in [2.24, 2.45) is 0 Å². The fourth-order valence-corrected chi connectivity index (χ4v) is 2.51. The fraction of sp³-hybridized carbons (Fsp3) is 1.00. The zero-order valence-electron chi connectivity index (χ0n) is 9.48. The Morgan fingerprint density at radius 1 is 1.13 bits per heavy atom. The first-order valence-corrected chi connectivity index (χ1v) is 5.11. The Morgan fingerprint density at radius 2 is 1.73 bits per heavy atom. The highest BCUT2D eigenvalue weighted by Crippen LogP contribution is 2.52. The van der Waals surface area contributed by atoms with E-state index in [-0.39, 0.29) is 6.61 Å². The second kappa shape index (κ2) is 2.93. The molecule has 2 N–H and O–H groups in total. The quantitative estimate of drug-likeness (QED) is 0.648. The van der Waals surface area contributed by atoms with Crippen LogP contribution in [0.25, 0.3) is 0 Å². The molecule has 4 atom stereocenters. The molecule has 2 saturated heterocycles. The molecule has 2 fully saturated rings. The summed E-state index contributed by atoms with van der Waals surface area (Å²) >= 11 is 0. The summed E-state index contributed by atoms with van der Waals surface area (Å²) in [5, 5.41) is 19.1. The van der Waals surface area contributed by atoms with Crippen LogP contribution in [0.4, 0.5) is 0 Å². The van der Waals surface area contributed by atoms with Gasteiger partial charge in [-0.05, 0) is 27.7 Å². The Labute approximate surface area is 88.9 Å². The molecule has 5 heteroatoms. The van der Waals surface area contributed by atoms with Crippen molar-refractivity contribution in [2.75, 3.05) is 6.61 Å². The van der Waals surface area contributed by atoms with Crippen LogP contribution in [0.2, 0.25) is 0 Å². The summed E-state index contributed by atoms with van der Waals surface area (Å²) in [4.78, 5) is 0. The first-order valence-electron chi connectivity index (χ1n) is 5.11. The third-order valence-corrected chi connectivity index (χ3v) is 3.27. The van der Waals surface area contributed by atoms with E-state index >= 15 is 0 Å². The zero-order chi connectivity index (χ0) is 11.5. The normalized spacial score (nSPS) is 53.2. The minimum absolute atomic E-state index is 0.251. The topological polar surface area (TPSA) is 68.2 Å². The van der Waals surface area contributed by atoms with Crippen molar-refractivity contribution < 1.29 is 24.4 Å². The van der Waals surface area contributed by atoms with E-state index in [1.807, 2.05) is 0 Å². The highest BCUT2D eigenvalue weighted by Gasteiger charge is 2.69. The number of aliphatic hydroxyl groups is 2. The van der Waals surface area contributed by atoms with Crippen LogP contribution in [0, 0.1) is 0 Å². The minimum atomic E-state index is -1.01.